The van der Waals surface area contributed by atoms with E-state index in [1.165, 1.54) is 49.5 Å². The summed E-state index contributed by atoms with van der Waals surface area (Å²) in [6.07, 6.45) is -6.05. The Kier molecular flexibility index (Phi) is 7.26. The van der Waals surface area contributed by atoms with Crippen LogP contribution < -0.4 is 5.32 Å². The minimum Gasteiger partial charge on any atom is -0.465 e. The predicted molar refractivity (Wildman–Crippen MR) is 131 cm³/mol. The Balaban J connectivity index is 2.04. The van der Waals surface area contributed by atoms with Crippen LogP contribution in [-0.2, 0) is 11.2 Å². The maximum atomic E-state index is 14.5. The molecule has 0 atom stereocenters. The summed E-state index contributed by atoms with van der Waals surface area (Å²) in [6, 6.07) is 10.4. The summed E-state index contributed by atoms with van der Waals surface area (Å²) < 4.78 is 78.2. The van der Waals surface area contributed by atoms with Gasteiger partial charge in [-0.05, 0) is 84.1 Å². The van der Waals surface area contributed by atoms with Gasteiger partial charge in [0, 0.05) is 24.4 Å². The van der Waals surface area contributed by atoms with Crippen molar-refractivity contribution in [3.63, 3.8) is 0 Å². The van der Waals surface area contributed by atoms with Crippen LogP contribution in [0.4, 0.5) is 22.0 Å². The molecule has 198 valence electrons. The number of furan rings is 1. The first-order valence-corrected chi connectivity index (χ1v) is 11.5. The highest BCUT2D eigenvalue weighted by atomic mass is 19.4. The molecule has 0 unspecified atom stereocenters. The Morgan fingerprint density at radius 2 is 1.68 bits per heavy atom. The third-order valence-corrected chi connectivity index (χ3v) is 6.16. The third kappa shape index (κ3) is 5.25. The van der Waals surface area contributed by atoms with Gasteiger partial charge in [-0.3, -0.25) is 4.79 Å². The van der Waals surface area contributed by atoms with Crippen LogP contribution in [-0.4, -0.2) is 32.2 Å². The van der Waals surface area contributed by atoms with E-state index in [1.54, 1.807) is 6.92 Å². The largest absolute Gasteiger partial charge is 0.465 e. The first-order valence-electron chi connectivity index (χ1n) is 11.5. The number of alkyl halides is 3. The van der Waals surface area contributed by atoms with Gasteiger partial charge in [-0.2, -0.15) is 13.2 Å². The number of halogens is 5. The van der Waals surface area contributed by atoms with E-state index < -0.39 is 42.5 Å². The fraction of sp³-hybridized carbons (Fsp3) is 0.214. The number of carbonyl (C=O) groups is 2. The number of amides is 1. The Hall–Kier alpha value is -4.21. The number of nitrogens with one attached hydrogen (secondary N) is 1. The molecule has 0 bridgehead atoms. The summed E-state index contributed by atoms with van der Waals surface area (Å²) >= 11 is 0. The second-order valence-electron chi connectivity index (χ2n) is 8.65. The molecule has 0 fully saturated rings. The minimum absolute atomic E-state index is 0.0886. The van der Waals surface area contributed by atoms with Gasteiger partial charge >= 0.3 is 12.1 Å². The zero-order valence-corrected chi connectivity index (χ0v) is 20.6. The van der Waals surface area contributed by atoms with Crippen molar-refractivity contribution in [2.45, 2.75) is 25.9 Å². The lowest BCUT2D eigenvalue weighted by Crippen LogP contribution is -2.18. The number of aryl methyl sites for hydroxylation is 2. The summed E-state index contributed by atoms with van der Waals surface area (Å²) in [5.41, 5.74) is 1.34. The van der Waals surface area contributed by atoms with Crippen molar-refractivity contribution in [2.75, 3.05) is 14.2 Å². The van der Waals surface area contributed by atoms with Gasteiger partial charge in [-0.15, -0.1) is 0 Å². The van der Waals surface area contributed by atoms with Crippen LogP contribution in [0.5, 0.6) is 0 Å². The smallest absolute Gasteiger partial charge is 0.389 e. The maximum Gasteiger partial charge on any atom is 0.389 e. The second-order valence-corrected chi connectivity index (χ2v) is 8.65. The molecule has 0 aliphatic heterocycles. The molecule has 4 aromatic rings. The van der Waals surface area contributed by atoms with Crippen molar-refractivity contribution in [2.24, 2.45) is 0 Å². The molecule has 1 heterocycles. The molecule has 0 spiro atoms. The van der Waals surface area contributed by atoms with E-state index in [-0.39, 0.29) is 39.0 Å². The Morgan fingerprint density at radius 3 is 2.29 bits per heavy atom. The summed E-state index contributed by atoms with van der Waals surface area (Å²) in [4.78, 5) is 25.1. The van der Waals surface area contributed by atoms with Gasteiger partial charge in [0.25, 0.3) is 5.91 Å². The quantitative estimate of drug-likeness (QED) is 0.215. The maximum absolute atomic E-state index is 14.5. The number of ether oxygens (including phenoxy) is 1. The molecular weight excluding hydrogens is 509 g/mol. The fourth-order valence-electron chi connectivity index (χ4n) is 4.30. The molecular formula is C28H22F5NO4. The number of rotatable bonds is 6. The van der Waals surface area contributed by atoms with Crippen LogP contribution in [0, 0.1) is 18.6 Å². The highest BCUT2D eigenvalue weighted by Crippen LogP contribution is 2.40. The van der Waals surface area contributed by atoms with Gasteiger partial charge in [0.15, 0.2) is 0 Å². The highest BCUT2D eigenvalue weighted by molar-refractivity contribution is 6.12. The van der Waals surface area contributed by atoms with E-state index in [0.29, 0.717) is 16.7 Å². The van der Waals surface area contributed by atoms with Gasteiger partial charge in [0.05, 0.1) is 18.2 Å². The first kappa shape index (κ1) is 26.8. The lowest BCUT2D eigenvalue weighted by molar-refractivity contribution is -0.133. The minimum atomic E-state index is -4.46. The molecule has 4 rings (SSSR count). The van der Waals surface area contributed by atoms with Crippen LogP contribution in [0.1, 0.15) is 38.3 Å². The zero-order chi connectivity index (χ0) is 27.8. The van der Waals surface area contributed by atoms with Crippen molar-refractivity contribution < 1.29 is 40.7 Å². The van der Waals surface area contributed by atoms with E-state index in [0.717, 1.165) is 13.2 Å². The number of carbonyl (C=O) groups excluding carboxylic acids is 2. The van der Waals surface area contributed by atoms with Crippen molar-refractivity contribution in [1.82, 2.24) is 5.32 Å². The summed E-state index contributed by atoms with van der Waals surface area (Å²) in [5.74, 6) is -2.73. The topological polar surface area (TPSA) is 68.5 Å². The summed E-state index contributed by atoms with van der Waals surface area (Å²) in [5, 5.41) is 2.79. The van der Waals surface area contributed by atoms with Crippen LogP contribution in [0.3, 0.4) is 0 Å². The second kappa shape index (κ2) is 10.3. The van der Waals surface area contributed by atoms with Crippen molar-refractivity contribution in [1.29, 1.82) is 0 Å². The predicted octanol–water partition coefficient (Wildman–Crippen LogP) is 6.99. The number of hydrogen-bond acceptors (Lipinski definition) is 4. The lowest BCUT2D eigenvalue weighted by Gasteiger charge is -2.15. The van der Waals surface area contributed by atoms with Crippen molar-refractivity contribution in [3.8, 4) is 22.5 Å². The normalized spacial score (nSPS) is 11.6. The average molecular weight is 531 g/mol. The SMILES string of the molecule is CNC(=O)c1c(-c2ccc(F)cc2)oc2cc(CCC(F)(F)F)c(-c3cc(C(=O)OC)c(F)cc3C)cc12. The standard InChI is InChI=1S/C28H22F5NO4/c1-14-10-22(30)20(27(36)37-3)12-18(14)19-13-21-23(11-16(19)8-9-28(31,32)33)38-25(24(21)26(35)34-2)15-4-6-17(29)7-5-15/h4-7,10-13H,8-9H2,1-3H3,(H,34,35). The fourth-order valence-corrected chi connectivity index (χ4v) is 4.30. The number of methoxy groups -OCH3 is 1. The molecule has 1 aromatic heterocycles. The van der Waals surface area contributed by atoms with Gasteiger partial charge in [-0.1, -0.05) is 0 Å². The molecule has 1 amide bonds. The molecule has 3 aromatic carbocycles. The van der Waals surface area contributed by atoms with E-state index in [2.05, 4.69) is 10.1 Å². The molecule has 1 N–H and O–H groups in total. The van der Waals surface area contributed by atoms with Crippen molar-refractivity contribution >= 4 is 22.8 Å². The Bertz CT molecular complexity index is 1540. The van der Waals surface area contributed by atoms with Gasteiger partial charge < -0.3 is 14.5 Å². The van der Waals surface area contributed by atoms with E-state index in [4.69, 9.17) is 4.42 Å². The zero-order valence-electron chi connectivity index (χ0n) is 20.6. The van der Waals surface area contributed by atoms with E-state index >= 15 is 0 Å². The van der Waals surface area contributed by atoms with Gasteiger partial charge in [0.2, 0.25) is 0 Å². The summed E-state index contributed by atoms with van der Waals surface area (Å²) in [7, 11) is 2.49. The molecule has 10 heteroatoms. The molecule has 0 aliphatic rings. The van der Waals surface area contributed by atoms with Crippen LogP contribution in [0.15, 0.2) is 52.9 Å². The molecule has 0 saturated carbocycles. The number of benzene rings is 3. The van der Waals surface area contributed by atoms with E-state index in [1.807, 2.05) is 0 Å². The average Bonchev–Trinajstić information content (AvgIpc) is 3.24. The molecule has 0 radical (unpaired) electrons. The Labute approximate surface area is 214 Å². The summed E-state index contributed by atoms with van der Waals surface area (Å²) in [6.45, 7) is 1.55. The first-order chi connectivity index (χ1) is 17.9. The lowest BCUT2D eigenvalue weighted by atomic mass is 9.90. The number of hydrogen-bond donors (Lipinski definition) is 1. The molecule has 38 heavy (non-hydrogen) atoms. The monoisotopic (exact) mass is 531 g/mol. The molecule has 5 nitrogen and oxygen atoms in total. The number of esters is 1. The van der Waals surface area contributed by atoms with Gasteiger partial charge in [-0.25, -0.2) is 13.6 Å². The van der Waals surface area contributed by atoms with Crippen LogP contribution in [0.2, 0.25) is 0 Å². The molecule has 0 aliphatic carbocycles. The van der Waals surface area contributed by atoms with E-state index in [9.17, 15) is 31.5 Å². The number of fused-ring (bicyclic) bond motifs is 1. The molecule has 0 saturated heterocycles. The van der Waals surface area contributed by atoms with Crippen LogP contribution >= 0.6 is 0 Å². The van der Waals surface area contributed by atoms with Crippen LogP contribution in [0.25, 0.3) is 33.4 Å². The third-order valence-electron chi connectivity index (χ3n) is 6.16. The van der Waals surface area contributed by atoms with Crippen molar-refractivity contribution in [3.05, 3.63) is 82.4 Å². The Morgan fingerprint density at radius 1 is 1.00 bits per heavy atom. The van der Waals surface area contributed by atoms with Gasteiger partial charge in [0.1, 0.15) is 23.0 Å². The highest BCUT2D eigenvalue weighted by Gasteiger charge is 2.29.